The standard InChI is InChI=1S/C21H13F6N5O2/c22-20(23,24)14-5-1-13(2-6-14)18(33)28-9-15-10-32(11-29-15)16-7-3-12(4-8-16)17-30-19(34-31-17)21(25,26)27/h1-8,10-11H,9H2,(H,28,33). The third kappa shape index (κ3) is 5.08. The van der Waals surface area contributed by atoms with Crippen LogP contribution in [-0.4, -0.2) is 25.6 Å². The van der Waals surface area contributed by atoms with Crippen LogP contribution in [-0.2, 0) is 18.9 Å². The molecule has 0 saturated carbocycles. The molecule has 34 heavy (non-hydrogen) atoms. The number of carbonyl (C=O) groups excluding carboxylic acids is 1. The summed E-state index contributed by atoms with van der Waals surface area (Å²) in [5.41, 5.74) is 0.618. The van der Waals surface area contributed by atoms with E-state index < -0.39 is 29.7 Å². The summed E-state index contributed by atoms with van der Waals surface area (Å²) in [6.07, 6.45) is -6.15. The van der Waals surface area contributed by atoms with Gasteiger partial charge in [0.15, 0.2) is 0 Å². The highest BCUT2D eigenvalue weighted by Gasteiger charge is 2.38. The molecule has 1 amide bonds. The van der Waals surface area contributed by atoms with Gasteiger partial charge in [-0.3, -0.25) is 4.79 Å². The Hall–Kier alpha value is -4.16. The van der Waals surface area contributed by atoms with Crippen LogP contribution in [0.1, 0.15) is 27.5 Å². The summed E-state index contributed by atoms with van der Waals surface area (Å²) in [6, 6.07) is 10.0. The molecule has 0 fully saturated rings. The molecule has 0 unspecified atom stereocenters. The molecule has 7 nitrogen and oxygen atoms in total. The Labute approximate surface area is 187 Å². The molecular weight excluding hydrogens is 468 g/mol. The van der Waals surface area contributed by atoms with E-state index in [0.29, 0.717) is 16.9 Å². The summed E-state index contributed by atoms with van der Waals surface area (Å²) >= 11 is 0. The fourth-order valence-corrected chi connectivity index (χ4v) is 2.92. The predicted molar refractivity (Wildman–Crippen MR) is 104 cm³/mol. The van der Waals surface area contributed by atoms with Gasteiger partial charge in [0.2, 0.25) is 5.82 Å². The highest BCUT2D eigenvalue weighted by Crippen LogP contribution is 2.30. The maximum absolute atomic E-state index is 12.6. The summed E-state index contributed by atoms with van der Waals surface area (Å²) < 4.78 is 81.5. The molecule has 1 N–H and O–H groups in total. The second kappa shape index (κ2) is 8.65. The van der Waals surface area contributed by atoms with Crippen molar-refractivity contribution in [3.63, 3.8) is 0 Å². The van der Waals surface area contributed by atoms with Crippen molar-refractivity contribution in [3.05, 3.63) is 83.8 Å². The summed E-state index contributed by atoms with van der Waals surface area (Å²) in [5, 5.41) is 5.89. The first-order valence-electron chi connectivity index (χ1n) is 9.51. The smallest absolute Gasteiger partial charge is 0.346 e. The van der Waals surface area contributed by atoms with Crippen LogP contribution in [0.4, 0.5) is 26.3 Å². The Morgan fingerprint density at radius 2 is 1.62 bits per heavy atom. The van der Waals surface area contributed by atoms with E-state index in [1.165, 1.54) is 18.5 Å². The summed E-state index contributed by atoms with van der Waals surface area (Å²) in [4.78, 5) is 19.6. The number of rotatable bonds is 5. The first-order chi connectivity index (χ1) is 16.0. The molecule has 13 heteroatoms. The molecule has 0 spiro atoms. The third-order valence-electron chi connectivity index (χ3n) is 4.63. The van der Waals surface area contributed by atoms with Gasteiger partial charge in [0, 0.05) is 23.0 Å². The quantitative estimate of drug-likeness (QED) is 0.411. The van der Waals surface area contributed by atoms with E-state index in [-0.39, 0.29) is 17.9 Å². The van der Waals surface area contributed by atoms with Gasteiger partial charge < -0.3 is 14.4 Å². The van der Waals surface area contributed by atoms with Crippen molar-refractivity contribution in [2.45, 2.75) is 18.9 Å². The van der Waals surface area contributed by atoms with Gasteiger partial charge in [0.25, 0.3) is 5.91 Å². The number of halogens is 6. The Kier molecular flexibility index (Phi) is 5.85. The van der Waals surface area contributed by atoms with E-state index in [0.717, 1.165) is 24.3 Å². The van der Waals surface area contributed by atoms with Crippen LogP contribution in [0.5, 0.6) is 0 Å². The van der Waals surface area contributed by atoms with E-state index in [2.05, 4.69) is 25.0 Å². The predicted octanol–water partition coefficient (Wildman–Crippen LogP) is 4.89. The summed E-state index contributed by atoms with van der Waals surface area (Å²) in [7, 11) is 0. The number of nitrogens with one attached hydrogen (secondary N) is 1. The van der Waals surface area contributed by atoms with Crippen LogP contribution in [0, 0.1) is 0 Å². The van der Waals surface area contributed by atoms with Crippen molar-refractivity contribution in [1.82, 2.24) is 25.0 Å². The Morgan fingerprint density at radius 1 is 0.941 bits per heavy atom. The lowest BCUT2D eigenvalue weighted by Crippen LogP contribution is -2.23. The average Bonchev–Trinajstić information content (AvgIpc) is 3.47. The molecule has 0 aliphatic heterocycles. The number of hydrogen-bond acceptors (Lipinski definition) is 5. The zero-order chi connectivity index (χ0) is 24.5. The molecule has 0 saturated heterocycles. The summed E-state index contributed by atoms with van der Waals surface area (Å²) in [6.45, 7) is 0.0218. The molecule has 2 aromatic heterocycles. The molecule has 2 heterocycles. The maximum atomic E-state index is 12.6. The minimum Gasteiger partial charge on any atom is -0.346 e. The summed E-state index contributed by atoms with van der Waals surface area (Å²) in [5.74, 6) is -2.22. The van der Waals surface area contributed by atoms with E-state index >= 15 is 0 Å². The number of aromatic nitrogens is 4. The van der Waals surface area contributed by atoms with Gasteiger partial charge >= 0.3 is 18.2 Å². The zero-order valence-electron chi connectivity index (χ0n) is 16.9. The van der Waals surface area contributed by atoms with Crippen LogP contribution in [0.15, 0.2) is 65.6 Å². The SMILES string of the molecule is O=C(NCc1cn(-c2ccc(-c3noc(C(F)(F)F)n3)cc2)cn1)c1ccc(C(F)(F)F)cc1. The number of hydrogen-bond donors (Lipinski definition) is 1. The van der Waals surface area contributed by atoms with Gasteiger partial charge in [-0.05, 0) is 48.5 Å². The molecule has 2 aromatic carbocycles. The van der Waals surface area contributed by atoms with Crippen molar-refractivity contribution in [3.8, 4) is 17.1 Å². The topological polar surface area (TPSA) is 85.8 Å². The first kappa shape index (κ1) is 23.0. The van der Waals surface area contributed by atoms with Gasteiger partial charge in [0.1, 0.15) is 0 Å². The molecular formula is C21H13F6N5O2. The lowest BCUT2D eigenvalue weighted by atomic mass is 10.1. The van der Waals surface area contributed by atoms with Crippen molar-refractivity contribution in [2.24, 2.45) is 0 Å². The lowest BCUT2D eigenvalue weighted by molar-refractivity contribution is -0.159. The normalized spacial score (nSPS) is 12.1. The molecule has 0 aliphatic carbocycles. The highest BCUT2D eigenvalue weighted by molar-refractivity contribution is 5.94. The number of imidazole rings is 1. The highest BCUT2D eigenvalue weighted by atomic mass is 19.4. The molecule has 176 valence electrons. The lowest BCUT2D eigenvalue weighted by Gasteiger charge is -2.08. The molecule has 0 radical (unpaired) electrons. The minimum absolute atomic E-state index is 0.0218. The number of benzene rings is 2. The molecule has 4 rings (SSSR count). The number of amides is 1. The largest absolute Gasteiger partial charge is 0.471 e. The molecule has 4 aromatic rings. The van der Waals surface area contributed by atoms with Crippen molar-refractivity contribution >= 4 is 5.91 Å². The van der Waals surface area contributed by atoms with E-state index in [1.807, 2.05) is 0 Å². The number of alkyl halides is 6. The first-order valence-corrected chi connectivity index (χ1v) is 9.51. The van der Waals surface area contributed by atoms with Gasteiger partial charge in [-0.1, -0.05) is 5.16 Å². The van der Waals surface area contributed by atoms with Crippen LogP contribution in [0.2, 0.25) is 0 Å². The van der Waals surface area contributed by atoms with Crippen LogP contribution in [0.25, 0.3) is 17.1 Å². The second-order valence-electron chi connectivity index (χ2n) is 7.00. The van der Waals surface area contributed by atoms with Gasteiger partial charge in [-0.15, -0.1) is 0 Å². The average molecular weight is 481 g/mol. The van der Waals surface area contributed by atoms with E-state index in [1.54, 1.807) is 22.9 Å². The molecule has 0 bridgehead atoms. The van der Waals surface area contributed by atoms with Crippen molar-refractivity contribution in [2.75, 3.05) is 0 Å². The maximum Gasteiger partial charge on any atom is 0.471 e. The van der Waals surface area contributed by atoms with Crippen molar-refractivity contribution < 1.29 is 35.7 Å². The van der Waals surface area contributed by atoms with Gasteiger partial charge in [-0.2, -0.15) is 31.3 Å². The van der Waals surface area contributed by atoms with Gasteiger partial charge in [0.05, 0.1) is 24.1 Å². The number of nitrogens with zero attached hydrogens (tertiary/aromatic N) is 4. The van der Waals surface area contributed by atoms with E-state index in [9.17, 15) is 31.1 Å². The van der Waals surface area contributed by atoms with E-state index in [4.69, 9.17) is 0 Å². The monoisotopic (exact) mass is 481 g/mol. The third-order valence-corrected chi connectivity index (χ3v) is 4.63. The van der Waals surface area contributed by atoms with Crippen LogP contribution in [0.3, 0.4) is 0 Å². The Morgan fingerprint density at radius 3 is 2.21 bits per heavy atom. The van der Waals surface area contributed by atoms with Crippen LogP contribution >= 0.6 is 0 Å². The zero-order valence-corrected chi connectivity index (χ0v) is 16.9. The fourth-order valence-electron chi connectivity index (χ4n) is 2.92. The Balaban J connectivity index is 1.38. The number of carbonyl (C=O) groups is 1. The minimum atomic E-state index is -4.74. The Bertz CT molecular complexity index is 1290. The molecule has 0 aliphatic rings. The fraction of sp³-hybridized carbons (Fsp3) is 0.143. The molecule has 0 atom stereocenters. The van der Waals surface area contributed by atoms with Gasteiger partial charge in [-0.25, -0.2) is 4.98 Å². The van der Waals surface area contributed by atoms with Crippen LogP contribution < -0.4 is 5.32 Å². The second-order valence-corrected chi connectivity index (χ2v) is 7.00. The van der Waals surface area contributed by atoms with Crippen molar-refractivity contribution in [1.29, 1.82) is 0 Å².